The molecule has 0 bridgehead atoms. The third-order valence-corrected chi connectivity index (χ3v) is 5.05. The molecule has 0 spiro atoms. The summed E-state index contributed by atoms with van der Waals surface area (Å²) in [5, 5.41) is 2.80. The van der Waals surface area contributed by atoms with Crippen molar-refractivity contribution in [2.45, 2.75) is 25.8 Å². The number of likely N-dealkylation sites (tertiary alicyclic amines) is 1. The molecule has 6 heteroatoms. The van der Waals surface area contributed by atoms with Crippen molar-refractivity contribution in [2.75, 3.05) is 25.5 Å². The van der Waals surface area contributed by atoms with Crippen molar-refractivity contribution in [3.05, 3.63) is 53.9 Å². The maximum Gasteiger partial charge on any atom is 0.221 e. The highest BCUT2D eigenvalue weighted by atomic mass is 16.5. The molecule has 1 saturated heterocycles. The first-order chi connectivity index (χ1) is 13.1. The number of imidazole rings is 1. The van der Waals surface area contributed by atoms with Gasteiger partial charge in [0.15, 0.2) is 0 Å². The SMILES string of the molecule is COc1ccc2nc([C@H]3CCN(Cc4ccc(NC(C)=O)cc4)C3)[nH]c2c1. The molecule has 1 aromatic heterocycles. The smallest absolute Gasteiger partial charge is 0.221 e. The van der Waals surface area contributed by atoms with Crippen molar-refractivity contribution in [1.82, 2.24) is 14.9 Å². The highest BCUT2D eigenvalue weighted by molar-refractivity contribution is 5.88. The largest absolute Gasteiger partial charge is 0.497 e. The highest BCUT2D eigenvalue weighted by Gasteiger charge is 2.26. The summed E-state index contributed by atoms with van der Waals surface area (Å²) in [5.41, 5.74) is 4.09. The van der Waals surface area contributed by atoms with E-state index in [4.69, 9.17) is 9.72 Å². The van der Waals surface area contributed by atoms with Gasteiger partial charge in [-0.2, -0.15) is 0 Å². The van der Waals surface area contributed by atoms with E-state index in [1.807, 2.05) is 30.3 Å². The molecule has 6 nitrogen and oxygen atoms in total. The summed E-state index contributed by atoms with van der Waals surface area (Å²) >= 11 is 0. The monoisotopic (exact) mass is 364 g/mol. The fourth-order valence-corrected chi connectivity index (χ4v) is 3.68. The third kappa shape index (κ3) is 3.95. The van der Waals surface area contributed by atoms with Crippen molar-refractivity contribution in [3.8, 4) is 5.75 Å². The Morgan fingerprint density at radius 3 is 2.85 bits per heavy atom. The van der Waals surface area contributed by atoms with Gasteiger partial charge < -0.3 is 15.0 Å². The predicted octanol–water partition coefficient (Wildman–Crippen LogP) is 3.52. The molecule has 1 aliphatic rings. The number of aromatic nitrogens is 2. The molecule has 0 saturated carbocycles. The lowest BCUT2D eigenvalue weighted by atomic mass is 10.1. The standard InChI is InChI=1S/C21H24N4O2/c1-14(26)22-17-5-3-15(4-6-17)12-25-10-9-16(13-25)21-23-19-8-7-18(27-2)11-20(19)24-21/h3-8,11,16H,9-10,12-13H2,1-2H3,(H,22,26)(H,23,24)/t16-/m0/s1. The third-order valence-electron chi connectivity index (χ3n) is 5.05. The minimum atomic E-state index is -0.0476. The Kier molecular flexibility index (Phi) is 4.81. The number of fused-ring (bicyclic) bond motifs is 1. The lowest BCUT2D eigenvalue weighted by Crippen LogP contribution is -2.20. The molecule has 140 valence electrons. The van der Waals surface area contributed by atoms with Gasteiger partial charge in [-0.25, -0.2) is 4.98 Å². The van der Waals surface area contributed by atoms with E-state index in [0.717, 1.165) is 54.3 Å². The van der Waals surface area contributed by atoms with Gasteiger partial charge in [0.25, 0.3) is 0 Å². The quantitative estimate of drug-likeness (QED) is 0.727. The first-order valence-electron chi connectivity index (χ1n) is 9.23. The number of benzene rings is 2. The summed E-state index contributed by atoms with van der Waals surface area (Å²) in [7, 11) is 1.68. The Bertz CT molecular complexity index is 948. The fraction of sp³-hybridized carbons (Fsp3) is 0.333. The number of methoxy groups -OCH3 is 1. The van der Waals surface area contributed by atoms with Crippen LogP contribution in [-0.4, -0.2) is 41.0 Å². The van der Waals surface area contributed by atoms with E-state index in [2.05, 4.69) is 27.3 Å². The zero-order valence-corrected chi connectivity index (χ0v) is 15.7. The fourth-order valence-electron chi connectivity index (χ4n) is 3.68. The Hall–Kier alpha value is -2.86. The van der Waals surface area contributed by atoms with Crippen LogP contribution >= 0.6 is 0 Å². The van der Waals surface area contributed by atoms with Crippen molar-refractivity contribution in [3.63, 3.8) is 0 Å². The minimum Gasteiger partial charge on any atom is -0.497 e. The zero-order valence-electron chi connectivity index (χ0n) is 15.7. The van der Waals surface area contributed by atoms with Gasteiger partial charge in [0.2, 0.25) is 5.91 Å². The highest BCUT2D eigenvalue weighted by Crippen LogP contribution is 2.29. The van der Waals surface area contributed by atoms with E-state index in [1.165, 1.54) is 12.5 Å². The molecule has 3 aromatic rings. The van der Waals surface area contributed by atoms with E-state index in [0.29, 0.717) is 5.92 Å². The molecule has 0 radical (unpaired) electrons. The van der Waals surface area contributed by atoms with Crippen LogP contribution in [0.4, 0.5) is 5.69 Å². The van der Waals surface area contributed by atoms with Gasteiger partial charge >= 0.3 is 0 Å². The second-order valence-electron chi connectivity index (χ2n) is 7.10. The molecule has 4 rings (SSSR count). The summed E-state index contributed by atoms with van der Waals surface area (Å²) in [4.78, 5) is 21.8. The number of rotatable bonds is 5. The summed E-state index contributed by atoms with van der Waals surface area (Å²) in [5.74, 6) is 2.27. The van der Waals surface area contributed by atoms with Gasteiger partial charge in [0.05, 0.1) is 18.1 Å². The summed E-state index contributed by atoms with van der Waals surface area (Å²) in [6, 6.07) is 14.0. The van der Waals surface area contributed by atoms with E-state index in [-0.39, 0.29) is 5.91 Å². The van der Waals surface area contributed by atoms with Gasteiger partial charge in [-0.1, -0.05) is 12.1 Å². The van der Waals surface area contributed by atoms with Crippen LogP contribution in [0.5, 0.6) is 5.75 Å². The molecule has 1 fully saturated rings. The molecule has 2 aromatic carbocycles. The number of nitrogens with zero attached hydrogens (tertiary/aromatic N) is 2. The first kappa shape index (κ1) is 17.5. The molecule has 2 N–H and O–H groups in total. The van der Waals surface area contributed by atoms with E-state index in [9.17, 15) is 4.79 Å². The lowest BCUT2D eigenvalue weighted by molar-refractivity contribution is -0.114. The molecular formula is C21H24N4O2. The predicted molar refractivity (Wildman–Crippen MR) is 106 cm³/mol. The molecule has 0 aliphatic carbocycles. The van der Waals surface area contributed by atoms with E-state index in [1.54, 1.807) is 7.11 Å². The molecule has 1 atom stereocenters. The lowest BCUT2D eigenvalue weighted by Gasteiger charge is -2.16. The zero-order chi connectivity index (χ0) is 18.8. The van der Waals surface area contributed by atoms with Crippen LogP contribution in [0.1, 0.15) is 30.7 Å². The molecule has 27 heavy (non-hydrogen) atoms. The number of hydrogen-bond donors (Lipinski definition) is 2. The number of anilines is 1. The minimum absolute atomic E-state index is 0.0476. The second-order valence-corrected chi connectivity index (χ2v) is 7.10. The van der Waals surface area contributed by atoms with E-state index < -0.39 is 0 Å². The van der Waals surface area contributed by atoms with Gasteiger partial charge in [0, 0.05) is 37.7 Å². The maximum atomic E-state index is 11.1. The Balaban J connectivity index is 1.40. The molecular weight excluding hydrogens is 340 g/mol. The van der Waals surface area contributed by atoms with Gasteiger partial charge in [-0.15, -0.1) is 0 Å². The van der Waals surface area contributed by atoms with Crippen molar-refractivity contribution in [2.24, 2.45) is 0 Å². The number of carbonyl (C=O) groups excluding carboxylic acids is 1. The van der Waals surface area contributed by atoms with Crippen LogP contribution in [-0.2, 0) is 11.3 Å². The second kappa shape index (κ2) is 7.40. The molecule has 0 unspecified atom stereocenters. The number of carbonyl (C=O) groups is 1. The summed E-state index contributed by atoms with van der Waals surface area (Å²) < 4.78 is 5.29. The summed E-state index contributed by atoms with van der Waals surface area (Å²) in [6.07, 6.45) is 1.10. The maximum absolute atomic E-state index is 11.1. The molecule has 1 amide bonds. The van der Waals surface area contributed by atoms with Gasteiger partial charge in [-0.05, 0) is 42.8 Å². The first-order valence-corrected chi connectivity index (χ1v) is 9.23. The van der Waals surface area contributed by atoms with Crippen LogP contribution in [0.15, 0.2) is 42.5 Å². The van der Waals surface area contributed by atoms with Crippen molar-refractivity contribution in [1.29, 1.82) is 0 Å². The summed E-state index contributed by atoms with van der Waals surface area (Å²) in [6.45, 7) is 4.47. The number of aromatic amines is 1. The number of amides is 1. The average molecular weight is 364 g/mol. The van der Waals surface area contributed by atoms with Crippen molar-refractivity contribution < 1.29 is 9.53 Å². The van der Waals surface area contributed by atoms with Crippen LogP contribution in [0.25, 0.3) is 11.0 Å². The number of ether oxygens (including phenoxy) is 1. The van der Waals surface area contributed by atoms with Crippen LogP contribution < -0.4 is 10.1 Å². The average Bonchev–Trinajstić information content (AvgIpc) is 3.28. The van der Waals surface area contributed by atoms with Crippen LogP contribution in [0, 0.1) is 0 Å². The number of nitrogens with one attached hydrogen (secondary N) is 2. The van der Waals surface area contributed by atoms with Gasteiger partial charge in [0.1, 0.15) is 11.6 Å². The normalized spacial score (nSPS) is 17.3. The van der Waals surface area contributed by atoms with Crippen molar-refractivity contribution >= 4 is 22.6 Å². The molecule has 1 aliphatic heterocycles. The van der Waals surface area contributed by atoms with E-state index >= 15 is 0 Å². The Labute approximate surface area is 158 Å². The van der Waals surface area contributed by atoms with Gasteiger partial charge in [-0.3, -0.25) is 9.69 Å². The Morgan fingerprint density at radius 1 is 1.30 bits per heavy atom. The Morgan fingerprint density at radius 2 is 2.11 bits per heavy atom. The number of hydrogen-bond acceptors (Lipinski definition) is 4. The number of H-pyrrole nitrogens is 1. The van der Waals surface area contributed by atoms with Crippen LogP contribution in [0.2, 0.25) is 0 Å². The molecule has 2 heterocycles. The topological polar surface area (TPSA) is 70.2 Å². The van der Waals surface area contributed by atoms with Crippen LogP contribution in [0.3, 0.4) is 0 Å².